The summed E-state index contributed by atoms with van der Waals surface area (Å²) < 4.78 is 0. The molecule has 1 aromatic rings. The van der Waals surface area contributed by atoms with E-state index in [2.05, 4.69) is 23.7 Å². The highest BCUT2D eigenvalue weighted by molar-refractivity contribution is 5.95. The first kappa shape index (κ1) is 14.5. The molecule has 106 valence electrons. The number of hydrogen-bond donors (Lipinski definition) is 1. The molecule has 4 heteroatoms. The first-order valence-corrected chi connectivity index (χ1v) is 7.22. The Hall–Kier alpha value is -1.86. The zero-order chi connectivity index (χ0) is 14.4. The third kappa shape index (κ3) is 3.17. The van der Waals surface area contributed by atoms with Gasteiger partial charge in [-0.3, -0.25) is 4.79 Å². The summed E-state index contributed by atoms with van der Waals surface area (Å²) >= 11 is 0. The van der Waals surface area contributed by atoms with E-state index in [-0.39, 0.29) is 12.5 Å². The quantitative estimate of drug-likeness (QED) is 0.834. The molecule has 0 saturated carbocycles. The minimum atomic E-state index is -0.00142. The van der Waals surface area contributed by atoms with Crippen molar-refractivity contribution in [2.24, 2.45) is 5.73 Å². The minimum absolute atomic E-state index is 0.00142. The summed E-state index contributed by atoms with van der Waals surface area (Å²) in [5.41, 5.74) is 6.52. The van der Waals surface area contributed by atoms with Crippen LogP contribution < -0.4 is 5.73 Å². The van der Waals surface area contributed by atoms with E-state index in [9.17, 15) is 4.79 Å². The maximum Gasteiger partial charge on any atom is 0.273 e. The van der Waals surface area contributed by atoms with E-state index >= 15 is 0 Å². The molecular formula is C16H21N3O. The number of rotatable bonds is 2. The lowest BCUT2D eigenvalue weighted by Crippen LogP contribution is -2.43. The van der Waals surface area contributed by atoms with Crippen molar-refractivity contribution >= 4 is 5.91 Å². The van der Waals surface area contributed by atoms with Crippen molar-refractivity contribution in [2.75, 3.05) is 13.1 Å². The molecule has 1 atom stereocenters. The van der Waals surface area contributed by atoms with Gasteiger partial charge >= 0.3 is 0 Å². The smallest absolute Gasteiger partial charge is 0.273 e. The van der Waals surface area contributed by atoms with Gasteiger partial charge in [-0.25, -0.2) is 4.98 Å². The maximum absolute atomic E-state index is 12.7. The van der Waals surface area contributed by atoms with Crippen LogP contribution in [0.4, 0.5) is 0 Å². The summed E-state index contributed by atoms with van der Waals surface area (Å²) in [4.78, 5) is 18.9. The number of nitrogens with two attached hydrogens (primary N) is 1. The monoisotopic (exact) mass is 271 g/mol. The summed E-state index contributed by atoms with van der Waals surface area (Å²) in [5, 5.41) is 0. The number of aromatic nitrogens is 1. The third-order valence-corrected chi connectivity index (χ3v) is 3.69. The molecule has 20 heavy (non-hydrogen) atoms. The number of carbonyl (C=O) groups is 1. The molecule has 1 aromatic heterocycles. The minimum Gasteiger partial charge on any atom is -0.334 e. The van der Waals surface area contributed by atoms with E-state index in [0.29, 0.717) is 17.3 Å². The summed E-state index contributed by atoms with van der Waals surface area (Å²) in [6.45, 7) is 3.23. The van der Waals surface area contributed by atoms with Crippen molar-refractivity contribution in [3.05, 3.63) is 29.6 Å². The molecule has 1 fully saturated rings. The molecule has 0 spiro atoms. The highest BCUT2D eigenvalue weighted by Gasteiger charge is 2.27. The number of amides is 1. The van der Waals surface area contributed by atoms with Gasteiger partial charge in [0.25, 0.3) is 5.91 Å². The standard InChI is InChI=1S/C16H21N3O/c1-2-14-9-3-4-12-19(14)16(20)15-13(7-5-10-17)8-6-11-18-15/h6,8,11,14H,2-4,9-10,12,17H2,1H3. The Morgan fingerprint density at radius 2 is 2.40 bits per heavy atom. The fourth-order valence-corrected chi connectivity index (χ4v) is 2.65. The number of hydrogen-bond acceptors (Lipinski definition) is 3. The van der Waals surface area contributed by atoms with Crippen molar-refractivity contribution in [1.82, 2.24) is 9.88 Å². The largest absolute Gasteiger partial charge is 0.334 e. The second kappa shape index (κ2) is 7.06. The van der Waals surface area contributed by atoms with E-state index < -0.39 is 0 Å². The van der Waals surface area contributed by atoms with Gasteiger partial charge in [-0.15, -0.1) is 0 Å². The zero-order valence-electron chi connectivity index (χ0n) is 11.9. The molecule has 1 amide bonds. The fraction of sp³-hybridized carbons (Fsp3) is 0.500. The Morgan fingerprint density at radius 3 is 3.15 bits per heavy atom. The first-order chi connectivity index (χ1) is 9.77. The number of carbonyl (C=O) groups excluding carboxylic acids is 1. The predicted molar refractivity (Wildman–Crippen MR) is 79.1 cm³/mol. The summed E-state index contributed by atoms with van der Waals surface area (Å²) in [7, 11) is 0. The van der Waals surface area contributed by atoms with Crippen LogP contribution >= 0.6 is 0 Å². The first-order valence-electron chi connectivity index (χ1n) is 7.22. The molecule has 1 aliphatic rings. The maximum atomic E-state index is 12.7. The van der Waals surface area contributed by atoms with Gasteiger partial charge in [0.2, 0.25) is 0 Å². The second-order valence-corrected chi connectivity index (χ2v) is 4.96. The highest BCUT2D eigenvalue weighted by atomic mass is 16.2. The molecule has 0 radical (unpaired) electrons. The predicted octanol–water partition coefficient (Wildman–Crippen LogP) is 1.80. The van der Waals surface area contributed by atoms with E-state index in [1.807, 2.05) is 11.0 Å². The summed E-state index contributed by atoms with van der Waals surface area (Å²) in [5.74, 6) is 5.73. The molecule has 1 saturated heterocycles. The van der Waals surface area contributed by atoms with Crippen LogP contribution in [0.3, 0.4) is 0 Å². The lowest BCUT2D eigenvalue weighted by molar-refractivity contribution is 0.0601. The normalized spacial score (nSPS) is 18.3. The van der Waals surface area contributed by atoms with E-state index in [0.717, 1.165) is 25.8 Å². The lowest BCUT2D eigenvalue weighted by Gasteiger charge is -2.35. The van der Waals surface area contributed by atoms with Crippen LogP contribution in [0, 0.1) is 11.8 Å². The van der Waals surface area contributed by atoms with Crippen LogP contribution in [-0.2, 0) is 0 Å². The highest BCUT2D eigenvalue weighted by Crippen LogP contribution is 2.22. The molecule has 0 aliphatic carbocycles. The van der Waals surface area contributed by atoms with Gasteiger partial charge in [0.1, 0.15) is 5.69 Å². The van der Waals surface area contributed by atoms with Gasteiger partial charge < -0.3 is 10.6 Å². The summed E-state index contributed by atoms with van der Waals surface area (Å²) in [6.07, 6.45) is 5.98. The van der Waals surface area contributed by atoms with Gasteiger partial charge in [-0.1, -0.05) is 18.8 Å². The van der Waals surface area contributed by atoms with Gasteiger partial charge in [0.15, 0.2) is 0 Å². The van der Waals surface area contributed by atoms with Crippen molar-refractivity contribution in [3.8, 4) is 11.8 Å². The topological polar surface area (TPSA) is 59.2 Å². The van der Waals surface area contributed by atoms with Gasteiger partial charge in [0.05, 0.1) is 12.1 Å². The number of pyridine rings is 1. The van der Waals surface area contributed by atoms with Crippen molar-refractivity contribution in [2.45, 2.75) is 38.6 Å². The second-order valence-electron chi connectivity index (χ2n) is 4.96. The van der Waals surface area contributed by atoms with Crippen molar-refractivity contribution in [1.29, 1.82) is 0 Å². The zero-order valence-corrected chi connectivity index (χ0v) is 11.9. The average Bonchev–Trinajstić information content (AvgIpc) is 2.52. The van der Waals surface area contributed by atoms with E-state index in [4.69, 9.17) is 5.73 Å². The van der Waals surface area contributed by atoms with Crippen LogP contribution in [0.15, 0.2) is 18.3 Å². The molecule has 1 aliphatic heterocycles. The van der Waals surface area contributed by atoms with Crippen LogP contribution in [0.2, 0.25) is 0 Å². The van der Waals surface area contributed by atoms with Gasteiger partial charge in [-0.05, 0) is 37.8 Å². The third-order valence-electron chi connectivity index (χ3n) is 3.69. The molecular weight excluding hydrogens is 250 g/mol. The molecule has 1 unspecified atom stereocenters. The Bertz CT molecular complexity index is 530. The number of piperidine rings is 1. The van der Waals surface area contributed by atoms with E-state index in [1.54, 1.807) is 12.3 Å². The Balaban J connectivity index is 2.28. The Morgan fingerprint density at radius 1 is 1.55 bits per heavy atom. The molecule has 0 bridgehead atoms. The van der Waals surface area contributed by atoms with Crippen LogP contribution in [0.1, 0.15) is 48.7 Å². The van der Waals surface area contributed by atoms with Crippen molar-refractivity contribution in [3.63, 3.8) is 0 Å². The molecule has 4 nitrogen and oxygen atoms in total. The molecule has 2 rings (SSSR count). The molecule has 2 N–H and O–H groups in total. The van der Waals surface area contributed by atoms with Crippen LogP contribution in [-0.4, -0.2) is 34.9 Å². The molecule has 2 heterocycles. The average molecular weight is 271 g/mol. The SMILES string of the molecule is CCC1CCCCN1C(=O)c1ncccc1C#CCN. The van der Waals surface area contributed by atoms with Gasteiger partial charge in [-0.2, -0.15) is 0 Å². The fourth-order valence-electron chi connectivity index (χ4n) is 2.65. The van der Waals surface area contributed by atoms with Crippen LogP contribution in [0.25, 0.3) is 0 Å². The number of nitrogens with zero attached hydrogens (tertiary/aromatic N) is 2. The summed E-state index contributed by atoms with van der Waals surface area (Å²) in [6, 6.07) is 3.95. The Kier molecular flexibility index (Phi) is 5.14. The Labute approximate surface area is 120 Å². The van der Waals surface area contributed by atoms with Crippen molar-refractivity contribution < 1.29 is 4.79 Å². The molecule has 0 aromatic carbocycles. The van der Waals surface area contributed by atoms with E-state index in [1.165, 1.54) is 6.42 Å². The van der Waals surface area contributed by atoms with Crippen LogP contribution in [0.5, 0.6) is 0 Å². The lowest BCUT2D eigenvalue weighted by atomic mass is 9.99. The van der Waals surface area contributed by atoms with Gasteiger partial charge in [0, 0.05) is 18.8 Å². The number of likely N-dealkylation sites (tertiary alicyclic amines) is 1.